The number of likely N-dealkylation sites (tertiary alicyclic amines) is 1. The standard InChI is InChI=1S/C20H20N4O4/c1-26-16-10-18-17(27-11-28-18)9-14(16)23-20(25)24-8-4-7-15(24)19-21-12-5-2-3-6-13(12)22-19/h2-3,5-6,9-10,15H,4,7-8,11H2,1H3,(H,21,22)(H,23,25)/t15-/m0/s1. The van der Waals surface area contributed by atoms with Crippen LogP contribution in [0.3, 0.4) is 0 Å². The molecule has 1 fully saturated rings. The van der Waals surface area contributed by atoms with Crippen molar-refractivity contribution < 1.29 is 19.0 Å². The van der Waals surface area contributed by atoms with E-state index in [1.807, 2.05) is 29.2 Å². The number of H-pyrrole nitrogens is 1. The summed E-state index contributed by atoms with van der Waals surface area (Å²) in [6, 6.07) is 11.0. The molecule has 0 aliphatic carbocycles. The molecule has 1 saturated heterocycles. The van der Waals surface area contributed by atoms with Crippen LogP contribution in [0, 0.1) is 0 Å². The summed E-state index contributed by atoms with van der Waals surface area (Å²) in [5.74, 6) is 2.53. The van der Waals surface area contributed by atoms with Gasteiger partial charge in [-0.2, -0.15) is 0 Å². The Morgan fingerprint density at radius 1 is 1.29 bits per heavy atom. The molecule has 0 unspecified atom stereocenters. The Morgan fingerprint density at radius 3 is 2.93 bits per heavy atom. The van der Waals surface area contributed by atoms with E-state index in [1.165, 1.54) is 0 Å². The Morgan fingerprint density at radius 2 is 2.11 bits per heavy atom. The van der Waals surface area contributed by atoms with Crippen LogP contribution in [0.1, 0.15) is 24.7 Å². The molecule has 2 aliphatic heterocycles. The zero-order valence-corrected chi connectivity index (χ0v) is 15.4. The van der Waals surface area contributed by atoms with Gasteiger partial charge in [0.2, 0.25) is 6.79 Å². The van der Waals surface area contributed by atoms with Crippen molar-refractivity contribution >= 4 is 22.8 Å². The minimum Gasteiger partial charge on any atom is -0.494 e. The van der Waals surface area contributed by atoms with E-state index < -0.39 is 0 Å². The summed E-state index contributed by atoms with van der Waals surface area (Å²) < 4.78 is 16.2. The SMILES string of the molecule is COc1cc2c(cc1NC(=O)N1CCC[C@H]1c1nc3ccccc3[nH]1)OCO2. The van der Waals surface area contributed by atoms with Crippen LogP contribution in [-0.2, 0) is 0 Å². The van der Waals surface area contributed by atoms with Crippen LogP contribution in [0.2, 0.25) is 0 Å². The van der Waals surface area contributed by atoms with Crippen molar-refractivity contribution in [2.75, 3.05) is 25.8 Å². The van der Waals surface area contributed by atoms with E-state index in [0.29, 0.717) is 29.5 Å². The van der Waals surface area contributed by atoms with E-state index in [1.54, 1.807) is 19.2 Å². The van der Waals surface area contributed by atoms with E-state index >= 15 is 0 Å². The Bertz CT molecular complexity index is 1010. The van der Waals surface area contributed by atoms with Crippen molar-refractivity contribution in [3.8, 4) is 17.2 Å². The number of carbonyl (C=O) groups is 1. The van der Waals surface area contributed by atoms with Crippen molar-refractivity contribution in [3.05, 3.63) is 42.2 Å². The Hall–Kier alpha value is -3.42. The first kappa shape index (κ1) is 16.7. The number of rotatable bonds is 3. The summed E-state index contributed by atoms with van der Waals surface area (Å²) in [4.78, 5) is 22.9. The van der Waals surface area contributed by atoms with Gasteiger partial charge in [0.05, 0.1) is 29.9 Å². The minimum absolute atomic E-state index is 0.0904. The number of carbonyl (C=O) groups excluding carboxylic acids is 1. The Kier molecular flexibility index (Phi) is 3.96. The van der Waals surface area contributed by atoms with Crippen LogP contribution >= 0.6 is 0 Å². The van der Waals surface area contributed by atoms with Crippen LogP contribution in [0.15, 0.2) is 36.4 Å². The second kappa shape index (κ2) is 6.63. The fourth-order valence-electron chi connectivity index (χ4n) is 3.80. The van der Waals surface area contributed by atoms with Crippen LogP contribution in [-0.4, -0.2) is 41.3 Å². The lowest BCUT2D eigenvalue weighted by molar-refractivity contribution is 0.174. The molecule has 5 rings (SSSR count). The number of aromatic amines is 1. The number of fused-ring (bicyclic) bond motifs is 2. The number of urea groups is 1. The van der Waals surface area contributed by atoms with Gasteiger partial charge >= 0.3 is 6.03 Å². The molecule has 2 N–H and O–H groups in total. The zero-order chi connectivity index (χ0) is 19.1. The van der Waals surface area contributed by atoms with E-state index in [-0.39, 0.29) is 18.9 Å². The highest BCUT2D eigenvalue weighted by atomic mass is 16.7. The first-order valence-electron chi connectivity index (χ1n) is 9.23. The number of methoxy groups -OCH3 is 1. The fourth-order valence-corrected chi connectivity index (χ4v) is 3.80. The predicted molar refractivity (Wildman–Crippen MR) is 103 cm³/mol. The average molecular weight is 380 g/mol. The monoisotopic (exact) mass is 380 g/mol. The highest BCUT2D eigenvalue weighted by molar-refractivity contribution is 5.92. The zero-order valence-electron chi connectivity index (χ0n) is 15.4. The smallest absolute Gasteiger partial charge is 0.322 e. The molecule has 0 spiro atoms. The number of aromatic nitrogens is 2. The Labute approximate surface area is 161 Å². The summed E-state index contributed by atoms with van der Waals surface area (Å²) in [5.41, 5.74) is 2.43. The van der Waals surface area contributed by atoms with Gasteiger partial charge in [-0.25, -0.2) is 9.78 Å². The van der Waals surface area contributed by atoms with E-state index in [9.17, 15) is 4.79 Å². The topological polar surface area (TPSA) is 88.7 Å². The summed E-state index contributed by atoms with van der Waals surface area (Å²) in [7, 11) is 1.56. The van der Waals surface area contributed by atoms with Gasteiger partial charge in [-0.15, -0.1) is 0 Å². The average Bonchev–Trinajstić information content (AvgIpc) is 3.44. The minimum atomic E-state index is -0.194. The first-order chi connectivity index (χ1) is 13.7. The highest BCUT2D eigenvalue weighted by Crippen LogP contribution is 2.41. The molecule has 2 aliphatic rings. The van der Waals surface area contributed by atoms with E-state index in [4.69, 9.17) is 14.2 Å². The number of ether oxygens (including phenoxy) is 3. The number of nitrogens with one attached hydrogen (secondary N) is 2. The third kappa shape index (κ3) is 2.77. The Balaban J connectivity index is 1.40. The van der Waals surface area contributed by atoms with Gasteiger partial charge in [0, 0.05) is 18.7 Å². The van der Waals surface area contributed by atoms with Crippen molar-refractivity contribution in [3.63, 3.8) is 0 Å². The molecule has 3 aromatic rings. The molecule has 1 atom stereocenters. The van der Waals surface area contributed by atoms with Gasteiger partial charge in [-0.05, 0) is 25.0 Å². The van der Waals surface area contributed by atoms with Crippen LogP contribution in [0.5, 0.6) is 17.2 Å². The molecule has 0 radical (unpaired) electrons. The number of anilines is 1. The van der Waals surface area contributed by atoms with Crippen molar-refractivity contribution in [2.45, 2.75) is 18.9 Å². The second-order valence-electron chi connectivity index (χ2n) is 6.83. The number of imidazole rings is 1. The number of hydrogen-bond acceptors (Lipinski definition) is 5. The molecule has 144 valence electrons. The molecule has 8 heteroatoms. The van der Waals surface area contributed by atoms with Gasteiger partial charge in [0.15, 0.2) is 11.5 Å². The van der Waals surface area contributed by atoms with Gasteiger partial charge in [-0.3, -0.25) is 0 Å². The highest BCUT2D eigenvalue weighted by Gasteiger charge is 2.33. The lowest BCUT2D eigenvalue weighted by Gasteiger charge is -2.24. The van der Waals surface area contributed by atoms with Crippen LogP contribution in [0.25, 0.3) is 11.0 Å². The normalized spacial score (nSPS) is 17.9. The summed E-state index contributed by atoms with van der Waals surface area (Å²) in [6.45, 7) is 0.830. The number of nitrogens with zero attached hydrogens (tertiary/aromatic N) is 2. The van der Waals surface area contributed by atoms with E-state index in [2.05, 4.69) is 15.3 Å². The lowest BCUT2D eigenvalue weighted by Crippen LogP contribution is -2.35. The predicted octanol–water partition coefficient (Wildman–Crippen LogP) is 3.67. The molecular formula is C20H20N4O4. The summed E-state index contributed by atoms with van der Waals surface area (Å²) in [5, 5.41) is 2.95. The molecular weight excluding hydrogens is 360 g/mol. The van der Waals surface area contributed by atoms with Gasteiger partial charge in [0.1, 0.15) is 11.6 Å². The molecule has 1 aromatic heterocycles. The molecule has 8 nitrogen and oxygen atoms in total. The second-order valence-corrected chi connectivity index (χ2v) is 6.83. The van der Waals surface area contributed by atoms with Crippen LogP contribution in [0.4, 0.5) is 10.5 Å². The summed E-state index contributed by atoms with van der Waals surface area (Å²) >= 11 is 0. The van der Waals surface area contributed by atoms with Crippen molar-refractivity contribution in [1.82, 2.24) is 14.9 Å². The largest absolute Gasteiger partial charge is 0.494 e. The van der Waals surface area contributed by atoms with E-state index in [0.717, 1.165) is 29.7 Å². The first-order valence-corrected chi connectivity index (χ1v) is 9.23. The molecule has 0 bridgehead atoms. The maximum atomic E-state index is 13.0. The maximum absolute atomic E-state index is 13.0. The number of para-hydroxylation sites is 2. The number of hydrogen-bond donors (Lipinski definition) is 2. The maximum Gasteiger partial charge on any atom is 0.322 e. The number of amides is 2. The van der Waals surface area contributed by atoms with Gasteiger partial charge in [-0.1, -0.05) is 12.1 Å². The lowest BCUT2D eigenvalue weighted by atomic mass is 10.2. The number of benzene rings is 2. The quantitative estimate of drug-likeness (QED) is 0.724. The van der Waals surface area contributed by atoms with Gasteiger partial charge < -0.3 is 29.4 Å². The van der Waals surface area contributed by atoms with Crippen molar-refractivity contribution in [1.29, 1.82) is 0 Å². The van der Waals surface area contributed by atoms with Crippen LogP contribution < -0.4 is 19.5 Å². The summed E-state index contributed by atoms with van der Waals surface area (Å²) in [6.07, 6.45) is 1.79. The van der Waals surface area contributed by atoms with Crippen molar-refractivity contribution in [2.24, 2.45) is 0 Å². The fraction of sp³-hybridized carbons (Fsp3) is 0.300. The molecule has 2 amide bonds. The molecule has 0 saturated carbocycles. The third-order valence-corrected chi connectivity index (χ3v) is 5.17. The van der Waals surface area contributed by atoms with Gasteiger partial charge in [0.25, 0.3) is 0 Å². The molecule has 28 heavy (non-hydrogen) atoms. The molecule has 2 aromatic carbocycles. The third-order valence-electron chi connectivity index (χ3n) is 5.17. The molecule has 3 heterocycles.